The predicted molar refractivity (Wildman–Crippen MR) is 106 cm³/mol. The van der Waals surface area contributed by atoms with Crippen molar-refractivity contribution >= 4 is 33.9 Å². The Kier molecular flexibility index (Phi) is 4.90. The summed E-state index contributed by atoms with van der Waals surface area (Å²) in [5.74, 6) is -0.173. The highest BCUT2D eigenvalue weighted by Crippen LogP contribution is 2.14. The molecule has 0 unspecified atom stereocenters. The second kappa shape index (κ2) is 7.66. The zero-order valence-electron chi connectivity index (χ0n) is 15.8. The molecule has 0 aliphatic carbocycles. The molecule has 29 heavy (non-hydrogen) atoms. The van der Waals surface area contributed by atoms with Crippen LogP contribution in [0.15, 0.2) is 42.0 Å². The van der Waals surface area contributed by atoms with Crippen molar-refractivity contribution in [3.63, 3.8) is 0 Å². The maximum absolute atomic E-state index is 12.5. The van der Waals surface area contributed by atoms with Gasteiger partial charge in [-0.2, -0.15) is 0 Å². The molecule has 10 nitrogen and oxygen atoms in total. The molecule has 0 fully saturated rings. The predicted octanol–water partition coefficient (Wildman–Crippen LogP) is 1.06. The van der Waals surface area contributed by atoms with Gasteiger partial charge in [-0.15, -0.1) is 0 Å². The summed E-state index contributed by atoms with van der Waals surface area (Å²) in [5, 5.41) is 0.480. The minimum absolute atomic E-state index is 0.187. The quantitative estimate of drug-likeness (QED) is 0.380. The number of esters is 1. The van der Waals surface area contributed by atoms with E-state index in [1.54, 1.807) is 18.5 Å². The summed E-state index contributed by atoms with van der Waals surface area (Å²) in [4.78, 5) is 41.2. The summed E-state index contributed by atoms with van der Waals surface area (Å²) in [5.41, 5.74) is 8.22. The van der Waals surface area contributed by atoms with Gasteiger partial charge in [0.25, 0.3) is 5.56 Å². The number of anilines is 1. The first-order valence-corrected chi connectivity index (χ1v) is 9.06. The van der Waals surface area contributed by atoms with Crippen LogP contribution >= 0.6 is 0 Å². The number of nitrogens with zero attached hydrogens (tertiary/aromatic N) is 6. The smallest absolute Gasteiger partial charge is 0.326 e. The molecule has 2 N–H and O–H groups in total. The highest BCUT2D eigenvalue weighted by Gasteiger charge is 2.11. The van der Waals surface area contributed by atoms with Gasteiger partial charge in [-0.25, -0.2) is 19.9 Å². The van der Waals surface area contributed by atoms with Crippen LogP contribution in [0.4, 0.5) is 5.82 Å². The number of carbonyl (C=O) groups excluding carboxylic acids is 1. The van der Waals surface area contributed by atoms with Gasteiger partial charge >= 0.3 is 5.97 Å². The van der Waals surface area contributed by atoms with Crippen molar-refractivity contribution in [3.8, 4) is 0 Å². The van der Waals surface area contributed by atoms with E-state index >= 15 is 0 Å². The first kappa shape index (κ1) is 18.5. The van der Waals surface area contributed by atoms with Crippen LogP contribution in [0.2, 0.25) is 0 Å². The number of benzene rings is 1. The van der Waals surface area contributed by atoms with Crippen LogP contribution in [-0.4, -0.2) is 41.6 Å². The Labute approximate surface area is 165 Å². The molecule has 10 heteroatoms. The minimum Gasteiger partial charge on any atom is -0.464 e. The van der Waals surface area contributed by atoms with E-state index in [-0.39, 0.29) is 18.7 Å². The van der Waals surface area contributed by atoms with Gasteiger partial charge in [-0.1, -0.05) is 12.1 Å². The zero-order chi connectivity index (χ0) is 20.4. The lowest BCUT2D eigenvalue weighted by molar-refractivity contribution is -0.144. The van der Waals surface area contributed by atoms with Crippen LogP contribution < -0.4 is 11.3 Å². The van der Waals surface area contributed by atoms with Crippen molar-refractivity contribution in [3.05, 3.63) is 53.1 Å². The molecule has 4 aromatic rings. The highest BCUT2D eigenvalue weighted by atomic mass is 16.5. The Morgan fingerprint density at radius 2 is 1.90 bits per heavy atom. The molecule has 0 radical (unpaired) electrons. The van der Waals surface area contributed by atoms with Crippen LogP contribution in [0.5, 0.6) is 0 Å². The number of hydrogen-bond acceptors (Lipinski definition) is 8. The van der Waals surface area contributed by atoms with E-state index in [9.17, 15) is 9.59 Å². The summed E-state index contributed by atoms with van der Waals surface area (Å²) >= 11 is 0. The molecule has 0 amide bonds. The van der Waals surface area contributed by atoms with Crippen LogP contribution in [0.1, 0.15) is 12.0 Å². The van der Waals surface area contributed by atoms with Crippen molar-refractivity contribution in [2.45, 2.75) is 26.4 Å². The Bertz CT molecular complexity index is 1260. The molecular weight excluding hydrogens is 374 g/mol. The van der Waals surface area contributed by atoms with E-state index in [2.05, 4.69) is 19.9 Å². The summed E-state index contributed by atoms with van der Waals surface area (Å²) in [6.07, 6.45) is 4.94. The molecule has 0 saturated carbocycles. The maximum atomic E-state index is 12.5. The SMILES string of the molecule is Cc1cccc2c(=O)n(CC(=O)OCCCn3cnc4c(N)ncnc43)cnc12. The van der Waals surface area contributed by atoms with Gasteiger partial charge < -0.3 is 15.0 Å². The van der Waals surface area contributed by atoms with Gasteiger partial charge in [0.05, 0.1) is 30.2 Å². The van der Waals surface area contributed by atoms with Crippen molar-refractivity contribution in [2.24, 2.45) is 0 Å². The molecular formula is C19H19N7O3. The summed E-state index contributed by atoms with van der Waals surface area (Å²) in [7, 11) is 0. The average Bonchev–Trinajstić information content (AvgIpc) is 3.12. The van der Waals surface area contributed by atoms with Crippen molar-refractivity contribution in [2.75, 3.05) is 12.3 Å². The first-order chi connectivity index (χ1) is 14.0. The first-order valence-electron chi connectivity index (χ1n) is 9.06. The van der Waals surface area contributed by atoms with E-state index in [0.29, 0.717) is 40.9 Å². The molecule has 0 spiro atoms. The lowest BCUT2D eigenvalue weighted by atomic mass is 10.1. The monoisotopic (exact) mass is 393 g/mol. The number of hydrogen-bond donors (Lipinski definition) is 1. The average molecular weight is 393 g/mol. The van der Waals surface area contributed by atoms with Crippen LogP contribution in [0, 0.1) is 6.92 Å². The highest BCUT2D eigenvalue weighted by molar-refractivity contribution is 5.81. The fraction of sp³-hybridized carbons (Fsp3) is 0.263. The second-order valence-corrected chi connectivity index (χ2v) is 6.59. The fourth-order valence-electron chi connectivity index (χ4n) is 3.12. The molecule has 1 aromatic carbocycles. The van der Waals surface area contributed by atoms with Crippen molar-refractivity contribution in [1.82, 2.24) is 29.1 Å². The topological polar surface area (TPSA) is 131 Å². The molecule has 0 saturated heterocycles. The number of carbonyl (C=O) groups is 1. The van der Waals surface area contributed by atoms with Gasteiger partial charge in [-0.05, 0) is 25.0 Å². The Morgan fingerprint density at radius 1 is 1.10 bits per heavy atom. The molecule has 3 aromatic heterocycles. The Hall–Kier alpha value is -3.82. The van der Waals surface area contributed by atoms with E-state index < -0.39 is 5.97 Å². The lowest BCUT2D eigenvalue weighted by Gasteiger charge is -2.09. The maximum Gasteiger partial charge on any atom is 0.326 e. The van der Waals surface area contributed by atoms with E-state index in [1.807, 2.05) is 17.6 Å². The van der Waals surface area contributed by atoms with Crippen LogP contribution in [-0.2, 0) is 22.6 Å². The lowest BCUT2D eigenvalue weighted by Crippen LogP contribution is -2.26. The molecule has 0 aliphatic rings. The van der Waals surface area contributed by atoms with Crippen LogP contribution in [0.3, 0.4) is 0 Å². The third-order valence-corrected chi connectivity index (χ3v) is 4.59. The number of ether oxygens (including phenoxy) is 1. The summed E-state index contributed by atoms with van der Waals surface area (Å²) < 4.78 is 8.33. The number of imidazole rings is 1. The largest absolute Gasteiger partial charge is 0.464 e. The number of nitrogens with two attached hydrogens (primary N) is 1. The number of aromatic nitrogens is 6. The Morgan fingerprint density at radius 3 is 2.76 bits per heavy atom. The van der Waals surface area contributed by atoms with E-state index in [0.717, 1.165) is 5.56 Å². The number of para-hydroxylation sites is 1. The van der Waals surface area contributed by atoms with Crippen molar-refractivity contribution < 1.29 is 9.53 Å². The van der Waals surface area contributed by atoms with Gasteiger partial charge in [0.1, 0.15) is 18.4 Å². The molecule has 0 aliphatic heterocycles. The Balaban J connectivity index is 1.35. The van der Waals surface area contributed by atoms with Crippen molar-refractivity contribution in [1.29, 1.82) is 0 Å². The van der Waals surface area contributed by atoms with Gasteiger partial charge in [0, 0.05) is 6.54 Å². The minimum atomic E-state index is -0.497. The number of rotatable bonds is 6. The van der Waals surface area contributed by atoms with Gasteiger partial charge in [-0.3, -0.25) is 14.2 Å². The molecule has 0 atom stereocenters. The molecule has 4 rings (SSSR count). The number of fused-ring (bicyclic) bond motifs is 2. The fourth-order valence-corrected chi connectivity index (χ4v) is 3.12. The van der Waals surface area contributed by atoms with Gasteiger partial charge in [0.15, 0.2) is 11.5 Å². The molecule has 148 valence electrons. The third-order valence-electron chi connectivity index (χ3n) is 4.59. The molecule has 3 heterocycles. The molecule has 0 bridgehead atoms. The van der Waals surface area contributed by atoms with Crippen LogP contribution in [0.25, 0.3) is 22.1 Å². The van der Waals surface area contributed by atoms with Gasteiger partial charge in [0.2, 0.25) is 0 Å². The normalized spacial score (nSPS) is 11.2. The summed E-state index contributed by atoms with van der Waals surface area (Å²) in [6, 6.07) is 5.38. The summed E-state index contributed by atoms with van der Waals surface area (Å²) in [6.45, 7) is 2.45. The number of nitrogen functional groups attached to an aromatic ring is 1. The standard InChI is InChI=1S/C19H19N7O3/c1-12-4-2-5-13-15(12)23-11-26(19(13)28)8-14(27)29-7-3-6-25-10-24-16-17(20)21-9-22-18(16)25/h2,4-5,9-11H,3,6-8H2,1H3,(H2,20,21,22). The number of aryl methyl sites for hydroxylation is 2. The van der Waals surface area contributed by atoms with E-state index in [4.69, 9.17) is 10.5 Å². The zero-order valence-corrected chi connectivity index (χ0v) is 15.8. The third kappa shape index (κ3) is 3.64. The second-order valence-electron chi connectivity index (χ2n) is 6.59. The van der Waals surface area contributed by atoms with E-state index in [1.165, 1.54) is 17.2 Å².